The Kier molecular flexibility index (Phi) is 7.90. The van der Waals surface area contributed by atoms with Crippen molar-refractivity contribution in [3.63, 3.8) is 0 Å². The lowest BCUT2D eigenvalue weighted by molar-refractivity contribution is -0.139. The first-order valence-electron chi connectivity index (χ1n) is 11.8. The molecule has 1 aliphatic rings. The second-order valence-corrected chi connectivity index (χ2v) is 10.1. The quantitative estimate of drug-likeness (QED) is 0.343. The molecule has 7 nitrogen and oxygen atoms in total. The third-order valence-electron chi connectivity index (χ3n) is 6.23. The molecule has 2 aromatic carbocycles. The maximum atomic E-state index is 13.3. The molecule has 0 aliphatic carbocycles. The van der Waals surface area contributed by atoms with E-state index in [4.69, 9.17) is 9.47 Å². The van der Waals surface area contributed by atoms with E-state index < -0.39 is 17.7 Å². The Morgan fingerprint density at radius 2 is 1.77 bits per heavy atom. The van der Waals surface area contributed by atoms with E-state index in [1.807, 2.05) is 37.2 Å². The molecule has 2 aromatic rings. The fraction of sp³-hybridized carbons (Fsp3) is 0.429. The molecule has 1 fully saturated rings. The number of Topliss-reactive ketones (excluding diaryl/α,β-unsaturated/α-hetero) is 1. The standard InChI is InChI=1S/C28H36N2O5/c1-28(2,3)21-17-19(12-13-22(21)35-7)25(31)23-24(18-10-8-11-20(16-18)34-6)30(27(33)26(23)32)15-9-14-29(4)5/h8,10-13,16-17,24,31H,9,14-15H2,1-7H3/b25-23-. The van der Waals surface area contributed by atoms with Gasteiger partial charge in [-0.05, 0) is 68.4 Å². The summed E-state index contributed by atoms with van der Waals surface area (Å²) in [5, 5.41) is 11.5. The number of ether oxygens (including phenoxy) is 2. The van der Waals surface area contributed by atoms with Crippen LogP contribution in [0.5, 0.6) is 11.5 Å². The first kappa shape index (κ1) is 26.3. The number of hydrogen-bond donors (Lipinski definition) is 1. The minimum atomic E-state index is -0.715. The first-order valence-corrected chi connectivity index (χ1v) is 11.8. The molecule has 1 N–H and O–H groups in total. The van der Waals surface area contributed by atoms with Gasteiger partial charge in [-0.1, -0.05) is 32.9 Å². The number of carbonyl (C=O) groups excluding carboxylic acids is 2. The van der Waals surface area contributed by atoms with Crippen molar-refractivity contribution in [2.24, 2.45) is 0 Å². The van der Waals surface area contributed by atoms with E-state index in [2.05, 4.69) is 20.8 Å². The van der Waals surface area contributed by atoms with Crippen LogP contribution in [-0.2, 0) is 15.0 Å². The van der Waals surface area contributed by atoms with E-state index in [1.54, 1.807) is 43.4 Å². The zero-order chi connectivity index (χ0) is 25.9. The number of aliphatic hydroxyl groups excluding tert-OH is 1. The Morgan fingerprint density at radius 1 is 1.06 bits per heavy atom. The fourth-order valence-electron chi connectivity index (χ4n) is 4.42. The number of ketones is 1. The number of carbonyl (C=O) groups is 2. The number of methoxy groups -OCH3 is 2. The lowest BCUT2D eigenvalue weighted by Gasteiger charge is -2.26. The average molecular weight is 481 g/mol. The summed E-state index contributed by atoms with van der Waals surface area (Å²) in [7, 11) is 7.10. The molecule has 1 saturated heterocycles. The van der Waals surface area contributed by atoms with Gasteiger partial charge < -0.3 is 24.4 Å². The summed E-state index contributed by atoms with van der Waals surface area (Å²) in [5.74, 6) is -0.182. The predicted molar refractivity (Wildman–Crippen MR) is 137 cm³/mol. The van der Waals surface area contributed by atoms with Crippen molar-refractivity contribution in [2.45, 2.75) is 38.6 Å². The molecule has 1 aliphatic heterocycles. The summed E-state index contributed by atoms with van der Waals surface area (Å²) in [6, 6.07) is 11.9. The largest absolute Gasteiger partial charge is 0.507 e. The van der Waals surface area contributed by atoms with Gasteiger partial charge in [0, 0.05) is 17.7 Å². The molecule has 35 heavy (non-hydrogen) atoms. The second-order valence-electron chi connectivity index (χ2n) is 10.1. The molecular weight excluding hydrogens is 444 g/mol. The van der Waals surface area contributed by atoms with Crippen LogP contribution in [-0.4, -0.2) is 68.0 Å². The van der Waals surface area contributed by atoms with E-state index >= 15 is 0 Å². The molecule has 0 radical (unpaired) electrons. The van der Waals surface area contributed by atoms with Crippen molar-refractivity contribution in [3.05, 3.63) is 64.7 Å². The van der Waals surface area contributed by atoms with Gasteiger partial charge in [-0.25, -0.2) is 0 Å². The molecule has 0 aromatic heterocycles. The summed E-state index contributed by atoms with van der Waals surface area (Å²) in [4.78, 5) is 30.0. The number of nitrogens with zero attached hydrogens (tertiary/aromatic N) is 2. The van der Waals surface area contributed by atoms with E-state index in [0.29, 0.717) is 35.6 Å². The van der Waals surface area contributed by atoms with E-state index in [1.165, 1.54) is 0 Å². The Labute approximate surface area is 207 Å². The summed E-state index contributed by atoms with van der Waals surface area (Å²) < 4.78 is 10.9. The molecule has 0 spiro atoms. The van der Waals surface area contributed by atoms with Gasteiger partial charge in [0.2, 0.25) is 0 Å². The summed E-state index contributed by atoms with van der Waals surface area (Å²) >= 11 is 0. The number of likely N-dealkylation sites (tertiary alicyclic amines) is 1. The Balaban J connectivity index is 2.18. The van der Waals surface area contributed by atoms with E-state index in [-0.39, 0.29) is 16.7 Å². The lowest BCUT2D eigenvalue weighted by Crippen LogP contribution is -2.32. The topological polar surface area (TPSA) is 79.3 Å². The number of rotatable bonds is 8. The molecule has 7 heteroatoms. The molecule has 1 amide bonds. The fourth-order valence-corrected chi connectivity index (χ4v) is 4.42. The van der Waals surface area contributed by atoms with Gasteiger partial charge in [0.05, 0.1) is 25.8 Å². The smallest absolute Gasteiger partial charge is 0.295 e. The highest BCUT2D eigenvalue weighted by Crippen LogP contribution is 2.41. The molecule has 1 heterocycles. The minimum absolute atomic E-state index is 0.0816. The van der Waals surface area contributed by atoms with Crippen LogP contribution in [0.4, 0.5) is 0 Å². The second kappa shape index (κ2) is 10.5. The van der Waals surface area contributed by atoms with Crippen LogP contribution < -0.4 is 9.47 Å². The number of aliphatic hydroxyl groups is 1. The maximum Gasteiger partial charge on any atom is 0.295 e. The van der Waals surface area contributed by atoms with Gasteiger partial charge in [0.25, 0.3) is 11.7 Å². The predicted octanol–water partition coefficient (Wildman–Crippen LogP) is 4.37. The lowest BCUT2D eigenvalue weighted by atomic mass is 9.84. The molecule has 1 unspecified atom stereocenters. The summed E-state index contributed by atoms with van der Waals surface area (Å²) in [6.45, 7) is 7.30. The first-order chi connectivity index (χ1) is 16.5. The van der Waals surface area contributed by atoms with Crippen LogP contribution in [0.1, 0.15) is 49.9 Å². The van der Waals surface area contributed by atoms with E-state index in [0.717, 1.165) is 12.1 Å². The van der Waals surface area contributed by atoms with Crippen molar-refractivity contribution in [3.8, 4) is 11.5 Å². The van der Waals surface area contributed by atoms with Gasteiger partial charge in [-0.2, -0.15) is 0 Å². The normalized spacial score (nSPS) is 17.8. The van der Waals surface area contributed by atoms with Crippen LogP contribution >= 0.6 is 0 Å². The number of benzene rings is 2. The van der Waals surface area contributed by atoms with Crippen molar-refractivity contribution in [1.29, 1.82) is 0 Å². The molecule has 0 saturated carbocycles. The highest BCUT2D eigenvalue weighted by atomic mass is 16.5. The monoisotopic (exact) mass is 480 g/mol. The summed E-state index contributed by atoms with van der Waals surface area (Å²) in [5.41, 5.74) is 1.89. The highest BCUT2D eigenvalue weighted by Gasteiger charge is 2.46. The number of hydrogen-bond acceptors (Lipinski definition) is 6. The number of amides is 1. The van der Waals surface area contributed by atoms with Crippen LogP contribution in [0, 0.1) is 0 Å². The third kappa shape index (κ3) is 5.51. The van der Waals surface area contributed by atoms with Crippen molar-refractivity contribution >= 4 is 17.4 Å². The van der Waals surface area contributed by atoms with Crippen molar-refractivity contribution in [1.82, 2.24) is 9.80 Å². The van der Waals surface area contributed by atoms with Crippen LogP contribution in [0.3, 0.4) is 0 Å². The van der Waals surface area contributed by atoms with Gasteiger partial charge in [-0.3, -0.25) is 9.59 Å². The SMILES string of the molecule is COc1cccc(C2/C(=C(/O)c3ccc(OC)c(C(C)(C)C)c3)C(=O)C(=O)N2CCCN(C)C)c1. The van der Waals surface area contributed by atoms with Gasteiger partial charge in [0.1, 0.15) is 17.3 Å². The Bertz CT molecular complexity index is 1130. The third-order valence-corrected chi connectivity index (χ3v) is 6.23. The molecule has 188 valence electrons. The van der Waals surface area contributed by atoms with Gasteiger partial charge >= 0.3 is 0 Å². The van der Waals surface area contributed by atoms with Gasteiger partial charge in [0.15, 0.2) is 0 Å². The van der Waals surface area contributed by atoms with E-state index in [9.17, 15) is 14.7 Å². The Morgan fingerprint density at radius 3 is 2.37 bits per heavy atom. The average Bonchev–Trinajstić information content (AvgIpc) is 3.07. The zero-order valence-corrected chi connectivity index (χ0v) is 21.7. The molecule has 0 bridgehead atoms. The maximum absolute atomic E-state index is 13.3. The van der Waals surface area contributed by atoms with Crippen molar-refractivity contribution in [2.75, 3.05) is 41.4 Å². The van der Waals surface area contributed by atoms with Crippen LogP contribution in [0.2, 0.25) is 0 Å². The summed E-state index contributed by atoms with van der Waals surface area (Å²) in [6.07, 6.45) is 0.692. The zero-order valence-electron chi connectivity index (χ0n) is 21.7. The van der Waals surface area contributed by atoms with Crippen LogP contribution in [0.25, 0.3) is 5.76 Å². The molecule has 1 atom stereocenters. The van der Waals surface area contributed by atoms with Gasteiger partial charge in [-0.15, -0.1) is 0 Å². The minimum Gasteiger partial charge on any atom is -0.507 e. The highest BCUT2D eigenvalue weighted by molar-refractivity contribution is 6.46. The van der Waals surface area contributed by atoms with Crippen LogP contribution in [0.15, 0.2) is 48.0 Å². The molecule has 3 rings (SSSR count). The van der Waals surface area contributed by atoms with Crippen molar-refractivity contribution < 1.29 is 24.2 Å². The molecular formula is C28H36N2O5. The Hall–Kier alpha value is -3.32.